The van der Waals surface area contributed by atoms with Crippen molar-refractivity contribution in [3.8, 4) is 0 Å². The van der Waals surface area contributed by atoms with Crippen molar-refractivity contribution in [3.05, 3.63) is 40.1 Å². The quantitative estimate of drug-likeness (QED) is 0.914. The van der Waals surface area contributed by atoms with Gasteiger partial charge in [-0.05, 0) is 26.0 Å². The van der Waals surface area contributed by atoms with Crippen LogP contribution in [-0.4, -0.2) is 20.9 Å². The van der Waals surface area contributed by atoms with E-state index >= 15 is 0 Å². The van der Waals surface area contributed by atoms with Crippen LogP contribution >= 0.6 is 11.6 Å². The topological polar surface area (TPSA) is 68.3 Å². The zero-order chi connectivity index (χ0) is 12.6. The molecule has 5 nitrogen and oxygen atoms in total. The second kappa shape index (κ2) is 4.25. The monoisotopic (exact) mass is 254 g/mol. The fraction of sp³-hybridized carbons (Fsp3) is 0.273. The predicted octanol–water partition coefficient (Wildman–Crippen LogP) is 2.49. The van der Waals surface area contributed by atoms with Crippen molar-refractivity contribution in [2.24, 2.45) is 0 Å². The molecule has 0 unspecified atom stereocenters. The van der Waals surface area contributed by atoms with Gasteiger partial charge in [-0.2, -0.15) is 5.10 Å². The second-order valence-electron chi connectivity index (χ2n) is 3.71. The molecule has 0 saturated carbocycles. The van der Waals surface area contributed by atoms with Crippen LogP contribution in [0.4, 0.5) is 0 Å². The molecule has 0 aromatic carbocycles. The van der Waals surface area contributed by atoms with Crippen LogP contribution in [0.3, 0.4) is 0 Å². The normalized spacial score (nSPS) is 10.8. The highest BCUT2D eigenvalue weighted by molar-refractivity contribution is 6.31. The highest BCUT2D eigenvalue weighted by Gasteiger charge is 2.13. The molecule has 0 atom stereocenters. The second-order valence-corrected chi connectivity index (χ2v) is 4.09. The van der Waals surface area contributed by atoms with Crippen LogP contribution in [0, 0.1) is 13.8 Å². The summed E-state index contributed by atoms with van der Waals surface area (Å²) in [6, 6.07) is 3.04. The molecule has 0 aliphatic heterocycles. The van der Waals surface area contributed by atoms with E-state index < -0.39 is 5.97 Å². The third-order valence-corrected chi connectivity index (χ3v) is 3.02. The standard InChI is InChI=1S/C11H11ClN2O3/c1-6-10(12)7(2)14(13-6)5-8-3-4-9(17-8)11(15)16/h3-4H,5H2,1-2H3,(H,15,16). The maximum Gasteiger partial charge on any atom is 0.371 e. The Morgan fingerprint density at radius 2 is 2.24 bits per heavy atom. The first-order valence-electron chi connectivity index (χ1n) is 5.00. The number of nitrogens with zero attached hydrogens (tertiary/aromatic N) is 2. The molecular formula is C11H11ClN2O3. The zero-order valence-corrected chi connectivity index (χ0v) is 10.2. The summed E-state index contributed by atoms with van der Waals surface area (Å²) in [4.78, 5) is 10.7. The van der Waals surface area contributed by atoms with Crippen molar-refractivity contribution in [3.63, 3.8) is 0 Å². The first kappa shape index (κ1) is 11.7. The number of aromatic nitrogens is 2. The van der Waals surface area contributed by atoms with E-state index in [4.69, 9.17) is 21.1 Å². The Morgan fingerprint density at radius 3 is 2.71 bits per heavy atom. The fourth-order valence-electron chi connectivity index (χ4n) is 1.55. The molecule has 0 amide bonds. The number of carbonyl (C=O) groups is 1. The van der Waals surface area contributed by atoms with Gasteiger partial charge in [0.05, 0.1) is 23.0 Å². The zero-order valence-electron chi connectivity index (χ0n) is 9.40. The Hall–Kier alpha value is -1.75. The van der Waals surface area contributed by atoms with Gasteiger partial charge in [0.25, 0.3) is 0 Å². The lowest BCUT2D eigenvalue weighted by Crippen LogP contribution is -2.03. The van der Waals surface area contributed by atoms with Gasteiger partial charge in [-0.3, -0.25) is 4.68 Å². The molecule has 2 heterocycles. The molecule has 0 bridgehead atoms. The molecule has 0 spiro atoms. The molecule has 6 heteroatoms. The maximum atomic E-state index is 10.7. The third-order valence-electron chi connectivity index (χ3n) is 2.47. The summed E-state index contributed by atoms with van der Waals surface area (Å²) in [5.41, 5.74) is 1.58. The van der Waals surface area contributed by atoms with E-state index in [9.17, 15) is 4.79 Å². The fourth-order valence-corrected chi connectivity index (χ4v) is 1.69. The Labute approximate surface area is 103 Å². The first-order chi connectivity index (χ1) is 7.99. The molecule has 90 valence electrons. The summed E-state index contributed by atoms with van der Waals surface area (Å²) >= 11 is 6.01. The minimum absolute atomic E-state index is 0.0763. The number of furan rings is 1. The summed E-state index contributed by atoms with van der Waals surface area (Å²) in [7, 11) is 0. The minimum Gasteiger partial charge on any atom is -0.475 e. The van der Waals surface area contributed by atoms with Crippen molar-refractivity contribution in [2.75, 3.05) is 0 Å². The lowest BCUT2D eigenvalue weighted by Gasteiger charge is -2.00. The minimum atomic E-state index is -1.08. The highest BCUT2D eigenvalue weighted by Crippen LogP contribution is 2.20. The van der Waals surface area contributed by atoms with Crippen LogP contribution in [0.15, 0.2) is 16.5 Å². The van der Waals surface area contributed by atoms with Crippen molar-refractivity contribution in [1.82, 2.24) is 9.78 Å². The predicted molar refractivity (Wildman–Crippen MR) is 61.5 cm³/mol. The Balaban J connectivity index is 2.25. The summed E-state index contributed by atoms with van der Waals surface area (Å²) < 4.78 is 6.83. The van der Waals surface area contributed by atoms with Gasteiger partial charge in [0.2, 0.25) is 5.76 Å². The number of carboxylic acid groups (broad SMARTS) is 1. The number of aryl methyl sites for hydroxylation is 1. The van der Waals surface area contributed by atoms with E-state index in [1.165, 1.54) is 6.07 Å². The maximum absolute atomic E-state index is 10.7. The molecule has 2 rings (SSSR count). The van der Waals surface area contributed by atoms with Gasteiger partial charge in [0.15, 0.2) is 0 Å². The lowest BCUT2D eigenvalue weighted by molar-refractivity contribution is 0.0660. The molecule has 0 aliphatic rings. The smallest absolute Gasteiger partial charge is 0.371 e. The van der Waals surface area contributed by atoms with Crippen molar-refractivity contribution in [2.45, 2.75) is 20.4 Å². The summed E-state index contributed by atoms with van der Waals surface area (Å²) in [6.07, 6.45) is 0. The Morgan fingerprint density at radius 1 is 1.53 bits per heavy atom. The van der Waals surface area contributed by atoms with Gasteiger partial charge in [-0.25, -0.2) is 4.79 Å². The number of aromatic carboxylic acids is 1. The van der Waals surface area contributed by atoms with E-state index in [1.54, 1.807) is 10.7 Å². The molecule has 0 saturated heterocycles. The summed E-state index contributed by atoms with van der Waals surface area (Å²) in [5, 5.41) is 13.6. The SMILES string of the molecule is Cc1nn(Cc2ccc(C(=O)O)o2)c(C)c1Cl. The average molecular weight is 255 g/mol. The van der Waals surface area contributed by atoms with E-state index in [0.717, 1.165) is 11.4 Å². The third kappa shape index (κ3) is 2.19. The molecular weight excluding hydrogens is 244 g/mol. The van der Waals surface area contributed by atoms with Crippen LogP contribution in [0.2, 0.25) is 5.02 Å². The van der Waals surface area contributed by atoms with Crippen molar-refractivity contribution >= 4 is 17.6 Å². The first-order valence-corrected chi connectivity index (χ1v) is 5.38. The number of hydrogen-bond acceptors (Lipinski definition) is 3. The molecule has 2 aromatic rings. The number of halogens is 1. The van der Waals surface area contributed by atoms with Gasteiger partial charge in [-0.1, -0.05) is 11.6 Å². The van der Waals surface area contributed by atoms with Gasteiger partial charge < -0.3 is 9.52 Å². The van der Waals surface area contributed by atoms with Crippen molar-refractivity contribution < 1.29 is 14.3 Å². The molecule has 1 N–H and O–H groups in total. The largest absolute Gasteiger partial charge is 0.475 e. The number of carboxylic acids is 1. The van der Waals surface area contributed by atoms with Gasteiger partial charge in [0.1, 0.15) is 5.76 Å². The van der Waals surface area contributed by atoms with Crippen LogP contribution < -0.4 is 0 Å². The van der Waals surface area contributed by atoms with E-state index in [1.807, 2.05) is 13.8 Å². The number of hydrogen-bond donors (Lipinski definition) is 1. The molecule has 2 aromatic heterocycles. The van der Waals surface area contributed by atoms with Crippen LogP contribution in [0.1, 0.15) is 27.7 Å². The van der Waals surface area contributed by atoms with Crippen LogP contribution in [-0.2, 0) is 6.54 Å². The van der Waals surface area contributed by atoms with E-state index in [2.05, 4.69) is 5.10 Å². The summed E-state index contributed by atoms with van der Waals surface area (Å²) in [5.74, 6) is -0.625. The Kier molecular flexibility index (Phi) is 2.93. The number of rotatable bonds is 3. The van der Waals surface area contributed by atoms with Crippen molar-refractivity contribution in [1.29, 1.82) is 0 Å². The molecule has 0 radical (unpaired) electrons. The molecule has 0 fully saturated rings. The molecule has 17 heavy (non-hydrogen) atoms. The van der Waals surface area contributed by atoms with E-state index in [0.29, 0.717) is 17.3 Å². The highest BCUT2D eigenvalue weighted by atomic mass is 35.5. The lowest BCUT2D eigenvalue weighted by atomic mass is 10.4. The molecule has 0 aliphatic carbocycles. The van der Waals surface area contributed by atoms with Gasteiger partial charge >= 0.3 is 5.97 Å². The van der Waals surface area contributed by atoms with Gasteiger partial charge in [0, 0.05) is 0 Å². The summed E-state index contributed by atoms with van der Waals surface area (Å²) in [6.45, 7) is 4.03. The van der Waals surface area contributed by atoms with Crippen LogP contribution in [0.5, 0.6) is 0 Å². The average Bonchev–Trinajstić information content (AvgIpc) is 2.82. The van der Waals surface area contributed by atoms with Crippen LogP contribution in [0.25, 0.3) is 0 Å². The Bertz CT molecular complexity index is 571. The van der Waals surface area contributed by atoms with Gasteiger partial charge in [-0.15, -0.1) is 0 Å². The van der Waals surface area contributed by atoms with E-state index in [-0.39, 0.29) is 5.76 Å².